The summed E-state index contributed by atoms with van der Waals surface area (Å²) in [5.41, 5.74) is 0.518. The monoisotopic (exact) mass is 226 g/mol. The Labute approximate surface area is 94.7 Å². The van der Waals surface area contributed by atoms with Gasteiger partial charge in [-0.3, -0.25) is 9.48 Å². The second-order valence-corrected chi connectivity index (χ2v) is 4.05. The second-order valence-electron chi connectivity index (χ2n) is 4.05. The SMILES string of the molecule is CC(C)NC(=O)CCn1cc(C(C)O)nn1. The predicted molar refractivity (Wildman–Crippen MR) is 58.6 cm³/mol. The van der Waals surface area contributed by atoms with Crippen LogP contribution in [0.15, 0.2) is 6.20 Å². The van der Waals surface area contributed by atoms with Gasteiger partial charge in [-0.1, -0.05) is 5.21 Å². The quantitative estimate of drug-likeness (QED) is 0.754. The number of aliphatic hydroxyl groups excluding tert-OH is 1. The van der Waals surface area contributed by atoms with Gasteiger partial charge < -0.3 is 10.4 Å². The molecule has 0 aliphatic rings. The minimum absolute atomic E-state index is 0.0101. The molecule has 0 radical (unpaired) electrons. The number of carbonyl (C=O) groups is 1. The zero-order chi connectivity index (χ0) is 12.1. The summed E-state index contributed by atoms with van der Waals surface area (Å²) in [4.78, 5) is 11.3. The van der Waals surface area contributed by atoms with E-state index in [1.54, 1.807) is 17.8 Å². The Kier molecular flexibility index (Phi) is 4.42. The molecule has 1 atom stereocenters. The number of nitrogens with one attached hydrogen (secondary N) is 1. The molecule has 2 N–H and O–H groups in total. The minimum Gasteiger partial charge on any atom is -0.387 e. The van der Waals surface area contributed by atoms with Crippen molar-refractivity contribution in [2.75, 3.05) is 0 Å². The number of rotatable bonds is 5. The van der Waals surface area contributed by atoms with Crippen LogP contribution in [-0.4, -0.2) is 32.0 Å². The first-order chi connectivity index (χ1) is 7.49. The fraction of sp³-hybridized carbons (Fsp3) is 0.700. The van der Waals surface area contributed by atoms with Gasteiger partial charge in [0.15, 0.2) is 0 Å². The van der Waals surface area contributed by atoms with Crippen LogP contribution < -0.4 is 5.32 Å². The van der Waals surface area contributed by atoms with E-state index in [0.29, 0.717) is 18.7 Å². The lowest BCUT2D eigenvalue weighted by atomic mass is 10.3. The standard InChI is InChI=1S/C10H18N4O2/c1-7(2)11-10(16)4-5-14-6-9(8(3)15)12-13-14/h6-8,15H,4-5H2,1-3H3,(H,11,16). The molecule has 1 amide bonds. The normalized spacial score (nSPS) is 12.8. The molecular formula is C10H18N4O2. The van der Waals surface area contributed by atoms with Crippen LogP contribution in [0.1, 0.15) is 39.0 Å². The number of aliphatic hydroxyl groups is 1. The first-order valence-electron chi connectivity index (χ1n) is 5.36. The molecule has 0 saturated heterocycles. The molecule has 0 saturated carbocycles. The van der Waals surface area contributed by atoms with Gasteiger partial charge in [0.2, 0.25) is 5.91 Å². The molecule has 90 valence electrons. The molecule has 0 aromatic carbocycles. The molecule has 0 aliphatic carbocycles. The number of aromatic nitrogens is 3. The highest BCUT2D eigenvalue weighted by molar-refractivity contribution is 5.75. The van der Waals surface area contributed by atoms with Crippen molar-refractivity contribution in [1.82, 2.24) is 20.3 Å². The van der Waals surface area contributed by atoms with Crippen LogP contribution in [0.2, 0.25) is 0 Å². The number of amides is 1. The first kappa shape index (κ1) is 12.6. The molecule has 6 heteroatoms. The molecule has 0 aliphatic heterocycles. The average molecular weight is 226 g/mol. The maximum atomic E-state index is 11.3. The summed E-state index contributed by atoms with van der Waals surface area (Å²) in [5.74, 6) is -0.0101. The first-order valence-corrected chi connectivity index (χ1v) is 5.36. The van der Waals surface area contributed by atoms with Gasteiger partial charge in [-0.2, -0.15) is 0 Å². The molecule has 1 heterocycles. The van der Waals surface area contributed by atoms with Gasteiger partial charge in [0.25, 0.3) is 0 Å². The third kappa shape index (κ3) is 3.98. The van der Waals surface area contributed by atoms with E-state index in [1.807, 2.05) is 13.8 Å². The van der Waals surface area contributed by atoms with Crippen molar-refractivity contribution < 1.29 is 9.90 Å². The summed E-state index contributed by atoms with van der Waals surface area (Å²) in [5, 5.41) is 19.6. The molecule has 0 bridgehead atoms. The molecule has 16 heavy (non-hydrogen) atoms. The molecule has 1 rings (SSSR count). The summed E-state index contributed by atoms with van der Waals surface area (Å²) in [6.45, 7) is 5.93. The van der Waals surface area contributed by atoms with Crippen LogP contribution in [0.25, 0.3) is 0 Å². The van der Waals surface area contributed by atoms with Crippen LogP contribution >= 0.6 is 0 Å². The van der Waals surface area contributed by atoms with Crippen molar-refractivity contribution in [3.05, 3.63) is 11.9 Å². The van der Waals surface area contributed by atoms with E-state index >= 15 is 0 Å². The lowest BCUT2D eigenvalue weighted by molar-refractivity contribution is -0.121. The predicted octanol–water partition coefficient (Wildman–Crippen LogP) is 0.246. The van der Waals surface area contributed by atoms with E-state index in [1.165, 1.54) is 0 Å². The van der Waals surface area contributed by atoms with Crippen LogP contribution in [0, 0.1) is 0 Å². The van der Waals surface area contributed by atoms with Crippen LogP contribution in [0.4, 0.5) is 0 Å². The Bertz CT molecular complexity index is 346. The van der Waals surface area contributed by atoms with E-state index in [9.17, 15) is 9.90 Å². The number of carbonyl (C=O) groups excluding carboxylic acids is 1. The largest absolute Gasteiger partial charge is 0.387 e. The van der Waals surface area contributed by atoms with Crippen LogP contribution in [-0.2, 0) is 11.3 Å². The van der Waals surface area contributed by atoms with Gasteiger partial charge in [0.05, 0.1) is 18.8 Å². The second kappa shape index (κ2) is 5.60. The average Bonchev–Trinajstić information content (AvgIpc) is 2.61. The van der Waals surface area contributed by atoms with Crippen molar-refractivity contribution in [1.29, 1.82) is 0 Å². The summed E-state index contributed by atoms with van der Waals surface area (Å²) in [6, 6.07) is 0.149. The highest BCUT2D eigenvalue weighted by Crippen LogP contribution is 2.06. The zero-order valence-electron chi connectivity index (χ0n) is 9.84. The van der Waals surface area contributed by atoms with Gasteiger partial charge >= 0.3 is 0 Å². The highest BCUT2D eigenvalue weighted by atomic mass is 16.3. The van der Waals surface area contributed by atoms with Gasteiger partial charge in [-0.25, -0.2) is 0 Å². The molecular weight excluding hydrogens is 208 g/mol. The molecule has 1 aromatic rings. The fourth-order valence-electron chi connectivity index (χ4n) is 1.22. The van der Waals surface area contributed by atoms with Gasteiger partial charge in [-0.15, -0.1) is 5.10 Å². The molecule has 0 spiro atoms. The number of hydrogen-bond donors (Lipinski definition) is 2. The van der Waals surface area contributed by atoms with E-state index in [0.717, 1.165) is 0 Å². The zero-order valence-corrected chi connectivity index (χ0v) is 9.84. The molecule has 1 aromatic heterocycles. The maximum Gasteiger partial charge on any atom is 0.222 e. The summed E-state index contributed by atoms with van der Waals surface area (Å²) >= 11 is 0. The topological polar surface area (TPSA) is 80.0 Å². The Balaban J connectivity index is 2.39. The van der Waals surface area contributed by atoms with Crippen molar-refractivity contribution >= 4 is 5.91 Å². The van der Waals surface area contributed by atoms with Gasteiger partial charge in [0, 0.05) is 12.5 Å². The maximum absolute atomic E-state index is 11.3. The smallest absolute Gasteiger partial charge is 0.222 e. The third-order valence-corrected chi connectivity index (χ3v) is 2.00. The lowest BCUT2D eigenvalue weighted by Gasteiger charge is -2.07. The van der Waals surface area contributed by atoms with Gasteiger partial charge in [0.1, 0.15) is 5.69 Å². The van der Waals surface area contributed by atoms with E-state index in [2.05, 4.69) is 15.6 Å². The minimum atomic E-state index is -0.627. The third-order valence-electron chi connectivity index (χ3n) is 2.00. The number of aryl methyl sites for hydroxylation is 1. The number of hydrogen-bond acceptors (Lipinski definition) is 4. The van der Waals surface area contributed by atoms with Crippen LogP contribution in [0.3, 0.4) is 0 Å². The Hall–Kier alpha value is -1.43. The number of nitrogens with zero attached hydrogens (tertiary/aromatic N) is 3. The fourth-order valence-corrected chi connectivity index (χ4v) is 1.22. The summed E-state index contributed by atoms with van der Waals surface area (Å²) in [6.07, 6.45) is 1.38. The van der Waals surface area contributed by atoms with E-state index in [-0.39, 0.29) is 11.9 Å². The summed E-state index contributed by atoms with van der Waals surface area (Å²) < 4.78 is 1.56. The van der Waals surface area contributed by atoms with Crippen molar-refractivity contribution in [2.45, 2.75) is 45.9 Å². The van der Waals surface area contributed by atoms with Crippen molar-refractivity contribution in [3.8, 4) is 0 Å². The van der Waals surface area contributed by atoms with Crippen molar-refractivity contribution in [3.63, 3.8) is 0 Å². The Morgan fingerprint density at radius 3 is 2.75 bits per heavy atom. The Morgan fingerprint density at radius 1 is 1.56 bits per heavy atom. The van der Waals surface area contributed by atoms with Gasteiger partial charge in [-0.05, 0) is 20.8 Å². The molecule has 1 unspecified atom stereocenters. The highest BCUT2D eigenvalue weighted by Gasteiger charge is 2.08. The van der Waals surface area contributed by atoms with Crippen LogP contribution in [0.5, 0.6) is 0 Å². The molecule has 6 nitrogen and oxygen atoms in total. The van der Waals surface area contributed by atoms with Crippen molar-refractivity contribution in [2.24, 2.45) is 0 Å². The molecule has 0 fully saturated rings. The van der Waals surface area contributed by atoms with E-state index in [4.69, 9.17) is 0 Å². The lowest BCUT2D eigenvalue weighted by Crippen LogP contribution is -2.30. The van der Waals surface area contributed by atoms with E-state index < -0.39 is 6.10 Å². The summed E-state index contributed by atoms with van der Waals surface area (Å²) in [7, 11) is 0. The Morgan fingerprint density at radius 2 is 2.25 bits per heavy atom.